The van der Waals surface area contributed by atoms with Crippen molar-refractivity contribution < 1.29 is 34.2 Å². The highest BCUT2D eigenvalue weighted by Crippen LogP contribution is 2.32. The molecule has 0 spiro atoms. The largest absolute Gasteiger partial charge is 0.481 e. The molecule has 1 aromatic carbocycles. The van der Waals surface area contributed by atoms with E-state index in [4.69, 9.17) is 10.5 Å². The summed E-state index contributed by atoms with van der Waals surface area (Å²) in [7, 11) is 0. The number of nitrogens with one attached hydrogen (secondary N) is 3. The lowest BCUT2D eigenvalue weighted by Gasteiger charge is -2.44. The van der Waals surface area contributed by atoms with E-state index in [1.54, 1.807) is 38.1 Å². The molecule has 5 N–H and O–H groups in total. The second kappa shape index (κ2) is 11.8. The lowest BCUT2D eigenvalue weighted by atomic mass is 9.78. The van der Waals surface area contributed by atoms with Gasteiger partial charge in [-0.05, 0) is 62.8 Å². The molecule has 0 aromatic heterocycles. The first-order valence-corrected chi connectivity index (χ1v) is 12.2. The monoisotopic (exact) mass is 515 g/mol. The molecule has 4 unspecified atom stereocenters. The third-order valence-electron chi connectivity index (χ3n) is 6.82. The number of anilines is 1. The Kier molecular flexibility index (Phi) is 8.85. The quantitative estimate of drug-likeness (QED) is 0.273. The van der Waals surface area contributed by atoms with Crippen LogP contribution in [0, 0.1) is 17.2 Å². The lowest BCUT2D eigenvalue weighted by Crippen LogP contribution is -2.61. The SMILES string of the molecule is CC(C)N(C(=O)c1ccc(NCC2CC3CC(=N)NC(=O)C3N(C=O)C2)cc1)C(CCC(=O)O)C(=O)O. The van der Waals surface area contributed by atoms with Crippen molar-refractivity contribution in [2.45, 2.75) is 57.7 Å². The molecule has 4 atom stereocenters. The van der Waals surface area contributed by atoms with Crippen LogP contribution in [-0.4, -0.2) is 87.2 Å². The van der Waals surface area contributed by atoms with Crippen molar-refractivity contribution in [2.75, 3.05) is 18.4 Å². The highest BCUT2D eigenvalue weighted by atomic mass is 16.4. The Balaban J connectivity index is 1.65. The maximum absolute atomic E-state index is 13.2. The maximum Gasteiger partial charge on any atom is 0.326 e. The lowest BCUT2D eigenvalue weighted by molar-refractivity contribution is -0.144. The summed E-state index contributed by atoms with van der Waals surface area (Å²) in [6.07, 6.45) is 1.21. The van der Waals surface area contributed by atoms with Gasteiger partial charge in [-0.2, -0.15) is 0 Å². The number of fused-ring (bicyclic) bond motifs is 1. The molecule has 2 heterocycles. The molecule has 0 aliphatic carbocycles. The fourth-order valence-electron chi connectivity index (χ4n) is 5.19. The Morgan fingerprint density at radius 2 is 1.92 bits per heavy atom. The number of aliphatic carboxylic acids is 2. The minimum absolute atomic E-state index is 0.0634. The zero-order chi connectivity index (χ0) is 27.3. The van der Waals surface area contributed by atoms with Crippen molar-refractivity contribution in [3.05, 3.63) is 29.8 Å². The van der Waals surface area contributed by atoms with Gasteiger partial charge in [0.05, 0.1) is 0 Å². The normalized spacial score (nSPS) is 22.0. The zero-order valence-electron chi connectivity index (χ0n) is 20.8. The van der Waals surface area contributed by atoms with Crippen LogP contribution in [0.5, 0.6) is 0 Å². The highest BCUT2D eigenvalue weighted by molar-refractivity contribution is 6.02. The summed E-state index contributed by atoms with van der Waals surface area (Å²) in [6.45, 7) is 4.29. The summed E-state index contributed by atoms with van der Waals surface area (Å²) >= 11 is 0. The van der Waals surface area contributed by atoms with Crippen molar-refractivity contribution in [2.24, 2.45) is 11.8 Å². The van der Waals surface area contributed by atoms with E-state index in [1.807, 2.05) is 0 Å². The van der Waals surface area contributed by atoms with Gasteiger partial charge in [0, 0.05) is 43.2 Å². The van der Waals surface area contributed by atoms with E-state index in [-0.39, 0.29) is 42.0 Å². The van der Waals surface area contributed by atoms with Gasteiger partial charge in [0.2, 0.25) is 12.3 Å². The van der Waals surface area contributed by atoms with E-state index in [9.17, 15) is 29.1 Å². The van der Waals surface area contributed by atoms with E-state index in [0.717, 1.165) is 5.69 Å². The summed E-state index contributed by atoms with van der Waals surface area (Å²) in [5.74, 6) is -3.10. The van der Waals surface area contributed by atoms with Crippen molar-refractivity contribution in [1.82, 2.24) is 15.1 Å². The molecule has 12 heteroatoms. The third-order valence-corrected chi connectivity index (χ3v) is 6.82. The van der Waals surface area contributed by atoms with Crippen LogP contribution in [0.15, 0.2) is 24.3 Å². The van der Waals surface area contributed by atoms with E-state index in [1.165, 1.54) is 9.80 Å². The van der Waals surface area contributed by atoms with Crippen LogP contribution in [0.2, 0.25) is 0 Å². The summed E-state index contributed by atoms with van der Waals surface area (Å²) in [5, 5.41) is 32.2. The van der Waals surface area contributed by atoms with Crippen molar-refractivity contribution in [3.8, 4) is 0 Å². The fraction of sp³-hybridized carbons (Fsp3) is 0.520. The maximum atomic E-state index is 13.2. The number of amides is 3. The van der Waals surface area contributed by atoms with E-state index in [0.29, 0.717) is 32.3 Å². The third kappa shape index (κ3) is 6.63. The Hall–Kier alpha value is -3.96. The first kappa shape index (κ1) is 27.6. The number of likely N-dealkylation sites (tertiary alicyclic amines) is 1. The van der Waals surface area contributed by atoms with Gasteiger partial charge in [-0.15, -0.1) is 0 Å². The van der Waals surface area contributed by atoms with Gasteiger partial charge in [-0.1, -0.05) is 0 Å². The number of carboxylic acids is 2. The van der Waals surface area contributed by atoms with Gasteiger partial charge >= 0.3 is 11.9 Å². The number of amidine groups is 1. The number of carbonyl (C=O) groups excluding carboxylic acids is 3. The molecule has 37 heavy (non-hydrogen) atoms. The molecule has 0 saturated carbocycles. The number of carboxylic acid groups (broad SMARTS) is 2. The number of benzene rings is 1. The topological polar surface area (TPSA) is 180 Å². The molecule has 3 rings (SSSR count). The van der Waals surface area contributed by atoms with Crippen LogP contribution in [0.1, 0.15) is 49.9 Å². The Labute approximate surface area is 214 Å². The van der Waals surface area contributed by atoms with Gasteiger partial charge in [0.1, 0.15) is 17.9 Å². The van der Waals surface area contributed by atoms with E-state index in [2.05, 4.69) is 10.6 Å². The van der Waals surface area contributed by atoms with Gasteiger partial charge in [-0.3, -0.25) is 24.6 Å². The molecular weight excluding hydrogens is 482 g/mol. The molecule has 0 bridgehead atoms. The first-order chi connectivity index (χ1) is 17.5. The number of hydrogen-bond donors (Lipinski definition) is 5. The zero-order valence-corrected chi connectivity index (χ0v) is 20.8. The molecule has 3 amide bonds. The van der Waals surface area contributed by atoms with Crippen LogP contribution >= 0.6 is 0 Å². The summed E-state index contributed by atoms with van der Waals surface area (Å²) in [6, 6.07) is 4.29. The highest BCUT2D eigenvalue weighted by Gasteiger charge is 2.43. The molecule has 2 saturated heterocycles. The molecule has 12 nitrogen and oxygen atoms in total. The molecule has 1 aromatic rings. The minimum atomic E-state index is -1.26. The smallest absolute Gasteiger partial charge is 0.326 e. The minimum Gasteiger partial charge on any atom is -0.481 e. The van der Waals surface area contributed by atoms with Crippen molar-refractivity contribution in [3.63, 3.8) is 0 Å². The second-order valence-corrected chi connectivity index (χ2v) is 9.83. The standard InChI is InChI=1S/C25H33N5O7/c1-14(2)30(19(25(36)37)7-8-21(32)33)24(35)16-3-5-18(6-4-16)27-11-15-9-17-10-20(26)28-23(34)22(17)29(12-15)13-31/h3-6,13-15,17,19,22,27H,7-12H2,1-2H3,(H,32,33)(H,36,37)(H2,26,28,34). The molecule has 2 fully saturated rings. The molecule has 0 radical (unpaired) electrons. The fourth-order valence-corrected chi connectivity index (χ4v) is 5.19. The van der Waals surface area contributed by atoms with Gasteiger partial charge in [-0.25, -0.2) is 4.79 Å². The van der Waals surface area contributed by atoms with E-state index >= 15 is 0 Å². The predicted molar refractivity (Wildman–Crippen MR) is 133 cm³/mol. The average molecular weight is 516 g/mol. The molecule has 2 aliphatic heterocycles. The van der Waals surface area contributed by atoms with E-state index < -0.39 is 36.0 Å². The number of rotatable bonds is 11. The first-order valence-electron chi connectivity index (χ1n) is 12.2. The molecule has 2 aliphatic rings. The number of hydrogen-bond acceptors (Lipinski definition) is 7. The molecular formula is C25H33N5O7. The van der Waals surface area contributed by atoms with Crippen LogP contribution in [0.3, 0.4) is 0 Å². The number of piperidine rings is 2. The number of carbonyl (C=O) groups is 5. The van der Waals surface area contributed by atoms with Gasteiger partial charge < -0.3 is 30.6 Å². The van der Waals surface area contributed by atoms with Crippen LogP contribution in [0.25, 0.3) is 0 Å². The molecule has 200 valence electrons. The Morgan fingerprint density at radius 1 is 1.24 bits per heavy atom. The number of nitrogens with zero attached hydrogens (tertiary/aromatic N) is 2. The van der Waals surface area contributed by atoms with Crippen LogP contribution in [0.4, 0.5) is 5.69 Å². The van der Waals surface area contributed by atoms with Crippen molar-refractivity contribution in [1.29, 1.82) is 5.41 Å². The summed E-state index contributed by atoms with van der Waals surface area (Å²) < 4.78 is 0. The average Bonchev–Trinajstić information content (AvgIpc) is 2.83. The van der Waals surface area contributed by atoms with Gasteiger partial charge in [0.25, 0.3) is 5.91 Å². The second-order valence-electron chi connectivity index (χ2n) is 9.83. The van der Waals surface area contributed by atoms with Crippen LogP contribution in [-0.2, 0) is 19.2 Å². The van der Waals surface area contributed by atoms with Crippen molar-refractivity contribution >= 4 is 41.7 Å². The van der Waals surface area contributed by atoms with Gasteiger partial charge in [0.15, 0.2) is 0 Å². The Bertz CT molecular complexity index is 1060. The summed E-state index contributed by atoms with van der Waals surface area (Å²) in [4.78, 5) is 62.5. The Morgan fingerprint density at radius 3 is 2.49 bits per heavy atom. The van der Waals surface area contributed by atoms with Crippen LogP contribution < -0.4 is 10.6 Å². The summed E-state index contributed by atoms with van der Waals surface area (Å²) in [5.41, 5.74) is 1.00. The predicted octanol–water partition coefficient (Wildman–Crippen LogP) is 1.23.